The van der Waals surface area contributed by atoms with Crippen molar-refractivity contribution >= 4 is 17.1 Å². The summed E-state index contributed by atoms with van der Waals surface area (Å²) in [5.74, 6) is 3.33. The molecule has 0 aromatic carbocycles. The minimum Gasteiger partial charge on any atom is -0.364 e. The average molecular weight is 470 g/mol. The van der Waals surface area contributed by atoms with Gasteiger partial charge < -0.3 is 9.42 Å². The molecule has 2 aromatic heterocycles. The van der Waals surface area contributed by atoms with E-state index in [0.29, 0.717) is 24.0 Å². The number of thiazole rings is 1. The molecule has 6 heteroatoms. The van der Waals surface area contributed by atoms with Crippen molar-refractivity contribution in [1.29, 1.82) is 0 Å². The molecule has 2 saturated carbocycles. The Morgan fingerprint density at radius 2 is 1.79 bits per heavy atom. The highest BCUT2D eigenvalue weighted by atomic mass is 32.1. The number of nitrogens with zero attached hydrogens (tertiary/aromatic N) is 3. The van der Waals surface area contributed by atoms with Crippen molar-refractivity contribution in [1.82, 2.24) is 15.0 Å². The minimum absolute atomic E-state index is 0.400. The van der Waals surface area contributed by atoms with Gasteiger partial charge in [-0.25, -0.2) is 4.98 Å². The van der Waals surface area contributed by atoms with Crippen LogP contribution in [-0.4, -0.2) is 40.5 Å². The Balaban J connectivity index is 0.977. The van der Waals surface area contributed by atoms with E-state index < -0.39 is 0 Å². The van der Waals surface area contributed by atoms with Gasteiger partial charge in [-0.1, -0.05) is 18.0 Å². The first-order valence-corrected chi connectivity index (χ1v) is 14.0. The molecule has 0 atom stereocenters. The Labute approximate surface area is 202 Å². The summed E-state index contributed by atoms with van der Waals surface area (Å²) in [6.07, 6.45) is 17.9. The summed E-state index contributed by atoms with van der Waals surface area (Å²) in [7, 11) is 0. The lowest BCUT2D eigenvalue weighted by molar-refractivity contribution is -0.119. The first-order chi connectivity index (χ1) is 16.1. The van der Waals surface area contributed by atoms with E-state index in [2.05, 4.69) is 15.0 Å². The number of Topliss-reactive ketones (excluding diaryl/α,β-unsaturated/α-hetero) is 1. The molecule has 3 aliphatic rings. The van der Waals surface area contributed by atoms with Crippen LogP contribution in [0.5, 0.6) is 0 Å². The number of aryl methyl sites for hydroxylation is 1. The summed E-state index contributed by atoms with van der Waals surface area (Å²) in [4.78, 5) is 20.5. The van der Waals surface area contributed by atoms with Gasteiger partial charge in [0.1, 0.15) is 12.0 Å². The van der Waals surface area contributed by atoms with E-state index in [1.165, 1.54) is 95.1 Å². The second kappa shape index (κ2) is 10.8. The van der Waals surface area contributed by atoms with Gasteiger partial charge in [0, 0.05) is 35.4 Å². The van der Waals surface area contributed by atoms with Gasteiger partial charge in [0.05, 0.1) is 10.7 Å². The zero-order chi connectivity index (χ0) is 22.6. The van der Waals surface area contributed by atoms with Crippen molar-refractivity contribution in [2.24, 2.45) is 17.8 Å². The third-order valence-corrected chi connectivity index (χ3v) is 9.14. The molecule has 0 N–H and O–H groups in total. The van der Waals surface area contributed by atoms with E-state index in [4.69, 9.17) is 4.52 Å². The molecule has 2 aromatic rings. The Bertz CT molecular complexity index is 902. The molecule has 0 amide bonds. The molecule has 5 rings (SSSR count). The fourth-order valence-electron chi connectivity index (χ4n) is 5.98. The van der Waals surface area contributed by atoms with Crippen LogP contribution in [0.2, 0.25) is 0 Å². The van der Waals surface area contributed by atoms with Gasteiger partial charge in [-0.3, -0.25) is 4.79 Å². The van der Waals surface area contributed by atoms with Crippen molar-refractivity contribution < 1.29 is 9.32 Å². The van der Waals surface area contributed by atoms with Gasteiger partial charge in [-0.15, -0.1) is 11.3 Å². The average Bonchev–Trinajstić information content (AvgIpc) is 3.36. The van der Waals surface area contributed by atoms with E-state index in [9.17, 15) is 4.79 Å². The predicted molar refractivity (Wildman–Crippen MR) is 132 cm³/mol. The number of rotatable bonds is 10. The van der Waals surface area contributed by atoms with Crippen LogP contribution in [0, 0.1) is 24.7 Å². The molecule has 0 bridgehead atoms. The molecule has 180 valence electrons. The summed E-state index contributed by atoms with van der Waals surface area (Å²) in [5.41, 5.74) is 2.65. The van der Waals surface area contributed by atoms with Gasteiger partial charge in [-0.05, 0) is 95.7 Å². The third-order valence-electron chi connectivity index (χ3n) is 8.23. The zero-order valence-electron chi connectivity index (χ0n) is 20.1. The summed E-state index contributed by atoms with van der Waals surface area (Å²) < 4.78 is 5.36. The van der Waals surface area contributed by atoms with Crippen molar-refractivity contribution in [2.75, 3.05) is 19.6 Å². The van der Waals surface area contributed by atoms with Crippen LogP contribution in [0.25, 0.3) is 0 Å². The topological polar surface area (TPSA) is 59.2 Å². The fourth-order valence-corrected chi connectivity index (χ4v) is 6.81. The smallest absolute Gasteiger partial charge is 0.138 e. The Morgan fingerprint density at radius 3 is 2.48 bits per heavy atom. The van der Waals surface area contributed by atoms with Gasteiger partial charge >= 0.3 is 0 Å². The second-order valence-electron chi connectivity index (χ2n) is 10.9. The van der Waals surface area contributed by atoms with Crippen LogP contribution < -0.4 is 0 Å². The van der Waals surface area contributed by atoms with Crippen molar-refractivity contribution in [2.45, 2.75) is 89.9 Å². The van der Waals surface area contributed by atoms with E-state index in [-0.39, 0.29) is 0 Å². The lowest BCUT2D eigenvalue weighted by atomic mass is 9.78. The van der Waals surface area contributed by atoms with Crippen molar-refractivity contribution in [3.8, 4) is 0 Å². The van der Waals surface area contributed by atoms with Crippen LogP contribution in [0.15, 0.2) is 17.0 Å². The van der Waals surface area contributed by atoms with Crippen molar-refractivity contribution in [3.63, 3.8) is 0 Å². The molecule has 2 aliphatic carbocycles. The largest absolute Gasteiger partial charge is 0.364 e. The lowest BCUT2D eigenvalue weighted by Crippen LogP contribution is -2.35. The summed E-state index contributed by atoms with van der Waals surface area (Å²) in [5, 5.41) is 5.45. The molecule has 1 aliphatic heterocycles. The zero-order valence-corrected chi connectivity index (χ0v) is 21.0. The summed E-state index contributed by atoms with van der Waals surface area (Å²) >= 11 is 1.66. The normalized spacial score (nSPS) is 24.9. The van der Waals surface area contributed by atoms with E-state index >= 15 is 0 Å². The monoisotopic (exact) mass is 469 g/mol. The van der Waals surface area contributed by atoms with Crippen LogP contribution in [0.4, 0.5) is 0 Å². The van der Waals surface area contributed by atoms with Crippen LogP contribution in [0.1, 0.15) is 91.3 Å². The van der Waals surface area contributed by atoms with E-state index in [1.807, 2.05) is 19.4 Å². The highest BCUT2D eigenvalue weighted by molar-refractivity contribution is 7.11. The Morgan fingerprint density at radius 1 is 1.06 bits per heavy atom. The molecule has 0 unspecified atom stereocenters. The minimum atomic E-state index is 0.400. The predicted octanol–water partition coefficient (Wildman–Crippen LogP) is 5.97. The summed E-state index contributed by atoms with van der Waals surface area (Å²) in [6, 6.07) is 0. The molecule has 3 fully saturated rings. The molecule has 33 heavy (non-hydrogen) atoms. The molecule has 1 saturated heterocycles. The lowest BCUT2D eigenvalue weighted by Gasteiger charge is -2.34. The highest BCUT2D eigenvalue weighted by Gasteiger charge is 2.29. The van der Waals surface area contributed by atoms with Gasteiger partial charge in [0.2, 0.25) is 0 Å². The molecular formula is C27H39N3O2S. The number of ketones is 1. The molecule has 3 heterocycles. The van der Waals surface area contributed by atoms with E-state index in [1.54, 1.807) is 11.3 Å². The van der Waals surface area contributed by atoms with Gasteiger partial charge in [0.25, 0.3) is 0 Å². The number of carbonyl (C=O) groups excluding carboxylic acids is 1. The number of hydrogen-bond acceptors (Lipinski definition) is 6. The van der Waals surface area contributed by atoms with Gasteiger partial charge in [0.15, 0.2) is 0 Å². The SMILES string of the molecule is Cc1ncc(CC(=O)CC2CCC(CCN3CCC(c4nocc4CC4CC4)CC3)CC2)s1. The Hall–Kier alpha value is -1.53. The molecular weight excluding hydrogens is 430 g/mol. The standard InChI is InChI=1S/C27H39N3O2S/c1-19-28-17-26(33-19)16-25(31)15-22-4-2-20(3-5-22)8-11-30-12-9-23(10-13-30)27-24(18-32-29-27)14-21-6-7-21/h17-18,20-23H,2-16H2,1H3. The van der Waals surface area contributed by atoms with E-state index in [0.717, 1.165) is 28.1 Å². The second-order valence-corrected chi connectivity index (χ2v) is 12.2. The van der Waals surface area contributed by atoms with Gasteiger partial charge in [-0.2, -0.15) is 0 Å². The maximum absolute atomic E-state index is 12.5. The number of carbonyl (C=O) groups is 1. The maximum Gasteiger partial charge on any atom is 0.138 e. The number of hydrogen-bond donors (Lipinski definition) is 0. The van der Waals surface area contributed by atoms with Crippen LogP contribution >= 0.6 is 11.3 Å². The number of aromatic nitrogens is 2. The fraction of sp³-hybridized carbons (Fsp3) is 0.741. The van der Waals surface area contributed by atoms with Crippen molar-refractivity contribution in [3.05, 3.63) is 33.6 Å². The first kappa shape index (κ1) is 23.2. The quantitative estimate of drug-likeness (QED) is 0.429. The summed E-state index contributed by atoms with van der Waals surface area (Å²) in [6.45, 7) is 5.63. The third kappa shape index (κ3) is 6.54. The number of piperidine rings is 1. The molecule has 5 nitrogen and oxygen atoms in total. The maximum atomic E-state index is 12.5. The number of likely N-dealkylation sites (tertiary alicyclic amines) is 1. The van der Waals surface area contributed by atoms with Crippen LogP contribution in [0.3, 0.4) is 0 Å². The Kier molecular flexibility index (Phi) is 7.61. The van der Waals surface area contributed by atoms with Crippen LogP contribution in [-0.2, 0) is 17.6 Å². The molecule has 0 spiro atoms. The highest BCUT2D eigenvalue weighted by Crippen LogP contribution is 2.37. The molecule has 0 radical (unpaired) electrons. The first-order valence-electron chi connectivity index (χ1n) is 13.2.